The molecule has 1 aliphatic heterocycles. The van der Waals surface area contributed by atoms with Gasteiger partial charge < -0.3 is 4.74 Å². The molecule has 1 aliphatic rings. The molecule has 0 aliphatic carbocycles. The van der Waals surface area contributed by atoms with Crippen LogP contribution in [0.3, 0.4) is 0 Å². The van der Waals surface area contributed by atoms with Crippen molar-refractivity contribution in [2.75, 3.05) is 7.11 Å². The van der Waals surface area contributed by atoms with Crippen LogP contribution in [0.2, 0.25) is 0 Å². The van der Waals surface area contributed by atoms with Gasteiger partial charge in [-0.05, 0) is 37.5 Å². The molecule has 8 heteroatoms. The van der Waals surface area contributed by atoms with Gasteiger partial charge in [0, 0.05) is 23.7 Å². The van der Waals surface area contributed by atoms with Gasteiger partial charge in [0.1, 0.15) is 16.9 Å². The molecule has 2 aromatic carbocycles. The molecule has 1 heterocycles. The first-order valence-corrected chi connectivity index (χ1v) is 10.8. The first-order chi connectivity index (χ1) is 13.7. The zero-order valence-electron chi connectivity index (χ0n) is 16.3. The molecule has 0 bridgehead atoms. The second kappa shape index (κ2) is 8.59. The van der Waals surface area contributed by atoms with Crippen LogP contribution in [-0.4, -0.2) is 31.8 Å². The number of carbonyl (C=O) groups excluding carboxylic acids is 1. The third-order valence-corrected chi connectivity index (χ3v) is 7.67. The lowest BCUT2D eigenvalue weighted by molar-refractivity contribution is -0.139. The van der Waals surface area contributed by atoms with Gasteiger partial charge in [0.2, 0.25) is 10.0 Å². The summed E-state index contributed by atoms with van der Waals surface area (Å²) >= 11 is 0. The summed E-state index contributed by atoms with van der Waals surface area (Å²) in [5.74, 6) is -2.21. The normalized spacial score (nSPS) is 21.7. The molecule has 1 unspecified atom stereocenters. The van der Waals surface area contributed by atoms with E-state index in [9.17, 15) is 22.0 Å². The van der Waals surface area contributed by atoms with Crippen LogP contribution in [0, 0.1) is 11.6 Å². The monoisotopic (exact) mass is 423 g/mol. The van der Waals surface area contributed by atoms with E-state index in [-0.39, 0.29) is 23.7 Å². The number of ether oxygens (including phenoxy) is 1. The summed E-state index contributed by atoms with van der Waals surface area (Å²) in [7, 11) is -2.59. The van der Waals surface area contributed by atoms with Gasteiger partial charge in [-0.25, -0.2) is 17.2 Å². The number of esters is 1. The zero-order valence-corrected chi connectivity index (χ0v) is 17.1. The fraction of sp³-hybridized carbons (Fsp3) is 0.381. The van der Waals surface area contributed by atoms with E-state index in [1.165, 1.54) is 4.31 Å². The van der Waals surface area contributed by atoms with Crippen LogP contribution in [0.4, 0.5) is 8.78 Å². The van der Waals surface area contributed by atoms with Crippen LogP contribution in [0.5, 0.6) is 0 Å². The maximum absolute atomic E-state index is 14.6. The summed E-state index contributed by atoms with van der Waals surface area (Å²) in [5, 5.41) is -0.716. The van der Waals surface area contributed by atoms with Crippen LogP contribution >= 0.6 is 0 Å². The van der Waals surface area contributed by atoms with E-state index >= 15 is 0 Å². The second-order valence-electron chi connectivity index (χ2n) is 7.20. The van der Waals surface area contributed by atoms with Crippen molar-refractivity contribution in [3.8, 4) is 0 Å². The minimum Gasteiger partial charge on any atom is -0.469 e. The molecule has 0 radical (unpaired) electrons. The van der Waals surface area contributed by atoms with Gasteiger partial charge in [0.25, 0.3) is 0 Å². The lowest BCUT2D eigenvalue weighted by atomic mass is 10.0. The van der Waals surface area contributed by atoms with Crippen LogP contribution in [0.15, 0.2) is 42.5 Å². The molecule has 2 aromatic rings. The maximum atomic E-state index is 14.6. The molecule has 2 atom stereocenters. The SMILES string of the molecule is COC(=O)Cc1cc(F)c(CN2[C@@H](C)CCC(c3ccccc3)S2(=O)=O)cc1F. The number of sulfonamides is 1. The molecule has 3 rings (SSSR count). The summed E-state index contributed by atoms with van der Waals surface area (Å²) in [6.07, 6.45) is 0.691. The van der Waals surface area contributed by atoms with Gasteiger partial charge >= 0.3 is 5.97 Å². The molecule has 0 aromatic heterocycles. The topological polar surface area (TPSA) is 63.7 Å². The standard InChI is InChI=1S/C21H23F2NO4S/c1-14-8-9-20(15-6-4-3-5-7-15)29(26,27)24(14)13-17-11-18(22)16(10-19(17)23)12-21(25)28-2/h3-7,10-11,14,20H,8-9,12-13H2,1-2H3/t14-,20?/m0/s1. The first-order valence-electron chi connectivity index (χ1n) is 9.33. The van der Waals surface area contributed by atoms with Gasteiger partial charge in [-0.1, -0.05) is 30.3 Å². The van der Waals surface area contributed by atoms with Gasteiger partial charge in [0.05, 0.1) is 13.5 Å². The van der Waals surface area contributed by atoms with E-state index in [1.54, 1.807) is 31.2 Å². The molecule has 156 valence electrons. The van der Waals surface area contributed by atoms with Crippen LogP contribution in [-0.2, 0) is 32.5 Å². The minimum absolute atomic E-state index is 0.0692. The number of hydrogen-bond donors (Lipinski definition) is 0. The number of rotatable bonds is 5. The van der Waals surface area contributed by atoms with E-state index in [0.717, 1.165) is 19.2 Å². The maximum Gasteiger partial charge on any atom is 0.310 e. The van der Waals surface area contributed by atoms with Crippen LogP contribution in [0.1, 0.15) is 41.7 Å². The Balaban J connectivity index is 1.90. The Morgan fingerprint density at radius 3 is 2.38 bits per heavy atom. The van der Waals surface area contributed by atoms with Crippen molar-refractivity contribution < 1.29 is 26.7 Å². The number of halogens is 2. The quantitative estimate of drug-likeness (QED) is 0.688. The summed E-state index contributed by atoms with van der Waals surface area (Å²) < 4.78 is 61.1. The molecule has 0 saturated carbocycles. The van der Waals surface area contributed by atoms with E-state index in [4.69, 9.17) is 0 Å². The first kappa shape index (κ1) is 21.4. The predicted octanol–water partition coefficient (Wildman–Crippen LogP) is 3.74. The Labute approximate surface area is 169 Å². The number of nitrogens with zero attached hydrogens (tertiary/aromatic N) is 1. The van der Waals surface area contributed by atoms with Crippen molar-refractivity contribution in [2.45, 2.75) is 44.0 Å². The third kappa shape index (κ3) is 4.48. The second-order valence-corrected chi connectivity index (χ2v) is 9.27. The van der Waals surface area contributed by atoms with Gasteiger partial charge in [-0.3, -0.25) is 4.79 Å². The van der Waals surface area contributed by atoms with E-state index in [2.05, 4.69) is 4.74 Å². The Kier molecular flexibility index (Phi) is 6.33. The van der Waals surface area contributed by atoms with E-state index in [0.29, 0.717) is 18.4 Å². The largest absolute Gasteiger partial charge is 0.469 e. The average Bonchev–Trinajstić information content (AvgIpc) is 2.68. The lowest BCUT2D eigenvalue weighted by Gasteiger charge is -2.37. The van der Waals surface area contributed by atoms with Crippen LogP contribution in [0.25, 0.3) is 0 Å². The van der Waals surface area contributed by atoms with Crippen molar-refractivity contribution in [3.05, 3.63) is 70.8 Å². The summed E-state index contributed by atoms with van der Waals surface area (Å²) in [6.45, 7) is 1.49. The van der Waals surface area contributed by atoms with Gasteiger partial charge in [0.15, 0.2) is 0 Å². The van der Waals surface area contributed by atoms with Gasteiger partial charge in [-0.15, -0.1) is 0 Å². The molecule has 1 fully saturated rings. The van der Waals surface area contributed by atoms with Crippen LogP contribution < -0.4 is 0 Å². The van der Waals surface area contributed by atoms with Crippen molar-refractivity contribution in [1.82, 2.24) is 4.31 Å². The summed E-state index contributed by atoms with van der Waals surface area (Å²) in [5.41, 5.74) is 0.486. The van der Waals surface area contributed by atoms with Crippen molar-refractivity contribution >= 4 is 16.0 Å². The Hall–Kier alpha value is -2.32. The highest BCUT2D eigenvalue weighted by atomic mass is 32.2. The Morgan fingerprint density at radius 2 is 1.72 bits per heavy atom. The number of carbonyl (C=O) groups is 1. The highest BCUT2D eigenvalue weighted by Gasteiger charge is 2.40. The summed E-state index contributed by atoms with van der Waals surface area (Å²) in [6, 6.07) is 10.4. The minimum atomic E-state index is -3.76. The fourth-order valence-electron chi connectivity index (χ4n) is 3.63. The van der Waals surface area contributed by atoms with Crippen molar-refractivity contribution in [3.63, 3.8) is 0 Å². The molecule has 0 amide bonds. The van der Waals surface area contributed by atoms with E-state index < -0.39 is 39.3 Å². The zero-order chi connectivity index (χ0) is 21.2. The molecule has 1 saturated heterocycles. The van der Waals surface area contributed by atoms with Crippen molar-refractivity contribution in [2.24, 2.45) is 0 Å². The Morgan fingerprint density at radius 1 is 1.10 bits per heavy atom. The third-order valence-electron chi connectivity index (χ3n) is 5.30. The Bertz CT molecular complexity index is 995. The highest BCUT2D eigenvalue weighted by Crippen LogP contribution is 2.38. The lowest BCUT2D eigenvalue weighted by Crippen LogP contribution is -2.44. The molecule has 29 heavy (non-hydrogen) atoms. The number of hydrogen-bond acceptors (Lipinski definition) is 4. The predicted molar refractivity (Wildman–Crippen MR) is 104 cm³/mol. The highest BCUT2D eigenvalue weighted by molar-refractivity contribution is 7.89. The molecule has 5 nitrogen and oxygen atoms in total. The van der Waals surface area contributed by atoms with E-state index in [1.807, 2.05) is 6.07 Å². The number of methoxy groups -OCH3 is 1. The van der Waals surface area contributed by atoms with Gasteiger partial charge in [-0.2, -0.15) is 4.31 Å². The average molecular weight is 423 g/mol. The molecular weight excluding hydrogens is 400 g/mol. The summed E-state index contributed by atoms with van der Waals surface area (Å²) in [4.78, 5) is 11.3. The van der Waals surface area contributed by atoms with Crippen molar-refractivity contribution in [1.29, 1.82) is 0 Å². The molecule has 0 N–H and O–H groups in total. The smallest absolute Gasteiger partial charge is 0.310 e. The fourth-order valence-corrected chi connectivity index (χ4v) is 5.82. The number of benzene rings is 2. The molecule has 0 spiro atoms. The molecular formula is C21H23F2NO4S.